The van der Waals surface area contributed by atoms with Crippen molar-refractivity contribution in [3.63, 3.8) is 0 Å². The van der Waals surface area contributed by atoms with Crippen LogP contribution in [0.4, 0.5) is 0 Å². The molecule has 1 aromatic heterocycles. The number of aryl methyl sites for hydroxylation is 1. The Morgan fingerprint density at radius 1 is 1.32 bits per heavy atom. The molecule has 5 heteroatoms. The van der Waals surface area contributed by atoms with Gasteiger partial charge in [0.1, 0.15) is 12.4 Å². The van der Waals surface area contributed by atoms with Crippen LogP contribution in [0.25, 0.3) is 0 Å². The maximum Gasteiger partial charge on any atom is 0.223 e. The van der Waals surface area contributed by atoms with Gasteiger partial charge >= 0.3 is 0 Å². The van der Waals surface area contributed by atoms with E-state index < -0.39 is 0 Å². The second-order valence-corrected chi connectivity index (χ2v) is 8.74. The predicted octanol–water partition coefficient (Wildman–Crippen LogP) is 4.45. The van der Waals surface area contributed by atoms with E-state index in [1.165, 1.54) is 27.1 Å². The molecule has 1 N–H and O–H groups in total. The van der Waals surface area contributed by atoms with E-state index in [4.69, 9.17) is 9.47 Å². The maximum absolute atomic E-state index is 12.7. The van der Waals surface area contributed by atoms with Crippen molar-refractivity contribution in [2.45, 2.75) is 46.6 Å². The zero-order valence-electron chi connectivity index (χ0n) is 17.3. The Bertz CT molecular complexity index is 801. The molecule has 1 amide bonds. The van der Waals surface area contributed by atoms with Crippen LogP contribution >= 0.6 is 11.3 Å². The molecular formula is C23H31NO3S. The third kappa shape index (κ3) is 4.76. The fourth-order valence-electron chi connectivity index (χ4n) is 4.10. The Labute approximate surface area is 172 Å². The van der Waals surface area contributed by atoms with Crippen molar-refractivity contribution >= 4 is 17.2 Å². The number of carbonyl (C=O) groups excluding carboxylic acids is 1. The zero-order chi connectivity index (χ0) is 20.1. The zero-order valence-corrected chi connectivity index (χ0v) is 18.2. The summed E-state index contributed by atoms with van der Waals surface area (Å²) in [5.74, 6) is 1.47. The molecule has 152 valence electrons. The Balaban J connectivity index is 1.68. The fraction of sp³-hybridized carbons (Fsp3) is 0.522. The summed E-state index contributed by atoms with van der Waals surface area (Å²) < 4.78 is 11.0. The minimum Gasteiger partial charge on any atom is -0.491 e. The van der Waals surface area contributed by atoms with Gasteiger partial charge in [0.25, 0.3) is 0 Å². The molecule has 1 aliphatic rings. The van der Waals surface area contributed by atoms with Gasteiger partial charge in [-0.1, -0.05) is 13.0 Å². The van der Waals surface area contributed by atoms with Crippen molar-refractivity contribution in [3.05, 3.63) is 50.7 Å². The molecule has 2 aromatic rings. The molecule has 4 nitrogen and oxygen atoms in total. The molecule has 0 spiro atoms. The first-order valence-corrected chi connectivity index (χ1v) is 10.9. The lowest BCUT2D eigenvalue weighted by atomic mass is 9.74. The molecule has 0 aliphatic heterocycles. The number of benzene rings is 1. The summed E-state index contributed by atoms with van der Waals surface area (Å²) in [5.41, 5.74) is 5.33. The van der Waals surface area contributed by atoms with Crippen LogP contribution in [0.1, 0.15) is 40.5 Å². The van der Waals surface area contributed by atoms with E-state index in [2.05, 4.69) is 38.2 Å². The lowest BCUT2D eigenvalue weighted by molar-refractivity contribution is -0.126. The summed E-state index contributed by atoms with van der Waals surface area (Å²) in [6, 6.07) is 6.23. The summed E-state index contributed by atoms with van der Waals surface area (Å²) in [4.78, 5) is 13.9. The average molecular weight is 402 g/mol. The Kier molecular flexibility index (Phi) is 7.13. The third-order valence-electron chi connectivity index (χ3n) is 5.92. The van der Waals surface area contributed by atoms with Crippen LogP contribution < -0.4 is 10.1 Å². The molecule has 0 saturated carbocycles. The Morgan fingerprint density at radius 2 is 2.14 bits per heavy atom. The number of ether oxygens (including phenoxy) is 2. The summed E-state index contributed by atoms with van der Waals surface area (Å²) in [5, 5.41) is 5.15. The van der Waals surface area contributed by atoms with Crippen molar-refractivity contribution in [2.24, 2.45) is 11.8 Å². The predicted molar refractivity (Wildman–Crippen MR) is 114 cm³/mol. The summed E-state index contributed by atoms with van der Waals surface area (Å²) >= 11 is 1.68. The highest BCUT2D eigenvalue weighted by Crippen LogP contribution is 2.37. The summed E-state index contributed by atoms with van der Waals surface area (Å²) in [6.07, 6.45) is 3.04. The lowest BCUT2D eigenvalue weighted by Gasteiger charge is -2.31. The van der Waals surface area contributed by atoms with Crippen LogP contribution in [0.2, 0.25) is 0 Å². The Morgan fingerprint density at radius 3 is 2.86 bits per heavy atom. The molecule has 0 saturated heterocycles. The third-order valence-corrected chi connectivity index (χ3v) is 6.80. The quantitative estimate of drug-likeness (QED) is 0.665. The highest BCUT2D eigenvalue weighted by molar-refractivity contribution is 7.09. The van der Waals surface area contributed by atoms with Crippen molar-refractivity contribution in [3.8, 4) is 5.75 Å². The number of methoxy groups -OCH3 is 1. The van der Waals surface area contributed by atoms with Crippen molar-refractivity contribution in [1.82, 2.24) is 5.32 Å². The van der Waals surface area contributed by atoms with Gasteiger partial charge in [0.05, 0.1) is 13.2 Å². The van der Waals surface area contributed by atoms with Gasteiger partial charge in [0.15, 0.2) is 0 Å². The summed E-state index contributed by atoms with van der Waals surface area (Å²) in [7, 11) is 1.68. The molecule has 1 heterocycles. The largest absolute Gasteiger partial charge is 0.491 e. The van der Waals surface area contributed by atoms with Gasteiger partial charge in [0.2, 0.25) is 5.91 Å². The first-order valence-electron chi connectivity index (χ1n) is 10.0. The van der Waals surface area contributed by atoms with E-state index in [0.717, 1.165) is 25.0 Å². The molecule has 2 atom stereocenters. The van der Waals surface area contributed by atoms with E-state index >= 15 is 0 Å². The summed E-state index contributed by atoms with van der Waals surface area (Å²) in [6.45, 7) is 8.14. The topological polar surface area (TPSA) is 47.6 Å². The number of amides is 1. The van der Waals surface area contributed by atoms with Gasteiger partial charge in [-0.3, -0.25) is 4.79 Å². The number of nitrogens with one attached hydrogen (secondary N) is 1. The minimum atomic E-state index is 0.00545. The first-order chi connectivity index (χ1) is 13.5. The van der Waals surface area contributed by atoms with E-state index in [0.29, 0.717) is 25.7 Å². The molecule has 28 heavy (non-hydrogen) atoms. The van der Waals surface area contributed by atoms with Crippen LogP contribution in [0, 0.1) is 25.7 Å². The molecule has 1 aliphatic carbocycles. The van der Waals surface area contributed by atoms with E-state index in [9.17, 15) is 4.79 Å². The molecule has 2 unspecified atom stereocenters. The van der Waals surface area contributed by atoms with E-state index in [1.54, 1.807) is 18.4 Å². The van der Waals surface area contributed by atoms with Crippen LogP contribution in [-0.4, -0.2) is 26.2 Å². The van der Waals surface area contributed by atoms with Crippen LogP contribution in [0.5, 0.6) is 5.75 Å². The minimum absolute atomic E-state index is 0.00545. The van der Waals surface area contributed by atoms with Crippen molar-refractivity contribution in [2.75, 3.05) is 20.3 Å². The standard InChI is InChI=1S/C23H31NO3S/c1-15-12-22(27-10-9-26-4)17(3)21-13-18(7-8-20(15)21)16(2)23(25)24-14-19-6-5-11-28-19/h5-6,11-12,16,18H,7-10,13-14H2,1-4H3,(H,24,25). The van der Waals surface area contributed by atoms with Gasteiger partial charge in [-0.2, -0.15) is 0 Å². The van der Waals surface area contributed by atoms with Crippen LogP contribution in [-0.2, 0) is 28.9 Å². The van der Waals surface area contributed by atoms with Crippen molar-refractivity contribution in [1.29, 1.82) is 0 Å². The Hall–Kier alpha value is -1.85. The average Bonchev–Trinajstić information content (AvgIpc) is 3.22. The molecular weight excluding hydrogens is 370 g/mol. The number of fused-ring (bicyclic) bond motifs is 1. The number of carbonyl (C=O) groups is 1. The van der Waals surface area contributed by atoms with E-state index in [1.807, 2.05) is 11.4 Å². The highest BCUT2D eigenvalue weighted by Gasteiger charge is 2.30. The monoisotopic (exact) mass is 401 g/mol. The van der Waals surface area contributed by atoms with Crippen LogP contribution in [0.3, 0.4) is 0 Å². The molecule has 0 fully saturated rings. The normalized spacial score (nSPS) is 17.1. The molecule has 3 rings (SSSR count). The number of hydrogen-bond donors (Lipinski definition) is 1. The van der Waals surface area contributed by atoms with Gasteiger partial charge in [0, 0.05) is 17.9 Å². The maximum atomic E-state index is 12.7. The highest BCUT2D eigenvalue weighted by atomic mass is 32.1. The number of thiophene rings is 1. The number of rotatable bonds is 8. The second kappa shape index (κ2) is 9.57. The lowest BCUT2D eigenvalue weighted by Crippen LogP contribution is -2.35. The molecule has 0 bridgehead atoms. The second-order valence-electron chi connectivity index (χ2n) is 7.70. The SMILES string of the molecule is COCCOc1cc(C)c2c(c1C)CC(C(C)C(=O)NCc1cccs1)CC2. The first kappa shape index (κ1) is 20.9. The van der Waals surface area contributed by atoms with Crippen LogP contribution in [0.15, 0.2) is 23.6 Å². The van der Waals surface area contributed by atoms with Gasteiger partial charge < -0.3 is 14.8 Å². The van der Waals surface area contributed by atoms with E-state index in [-0.39, 0.29) is 11.8 Å². The molecule has 0 radical (unpaired) electrons. The fourth-order valence-corrected chi connectivity index (χ4v) is 4.74. The van der Waals surface area contributed by atoms with Gasteiger partial charge in [-0.05, 0) is 78.8 Å². The number of hydrogen-bond acceptors (Lipinski definition) is 4. The van der Waals surface area contributed by atoms with Gasteiger partial charge in [-0.25, -0.2) is 0 Å². The van der Waals surface area contributed by atoms with Gasteiger partial charge in [-0.15, -0.1) is 11.3 Å². The smallest absolute Gasteiger partial charge is 0.223 e. The van der Waals surface area contributed by atoms with Crippen molar-refractivity contribution < 1.29 is 14.3 Å². The molecule has 1 aromatic carbocycles.